The average Bonchev–Trinajstić information content (AvgIpc) is 3.57. The first-order chi connectivity index (χ1) is 18.2. The molecule has 1 fully saturated rings. The highest BCUT2D eigenvalue weighted by Crippen LogP contribution is 2.21. The van der Waals surface area contributed by atoms with Crippen molar-refractivity contribution >= 4 is 46.4 Å². The summed E-state index contributed by atoms with van der Waals surface area (Å²) >= 11 is 1.53. The predicted octanol–water partition coefficient (Wildman–Crippen LogP) is 1.88. The number of carboxylic acids is 1. The molecule has 3 amide bonds. The quantitative estimate of drug-likeness (QED) is 0.257. The van der Waals surface area contributed by atoms with Gasteiger partial charge in [0.25, 0.3) is 0 Å². The van der Waals surface area contributed by atoms with Crippen LogP contribution in [0.2, 0.25) is 0 Å². The second-order valence-corrected chi connectivity index (χ2v) is 10.9. The van der Waals surface area contributed by atoms with Gasteiger partial charge in [0, 0.05) is 30.1 Å². The number of carbonyl (C=O) groups is 4. The Bertz CT molecular complexity index is 1140. The van der Waals surface area contributed by atoms with Gasteiger partial charge in [-0.2, -0.15) is 11.8 Å². The van der Waals surface area contributed by atoms with E-state index in [0.717, 1.165) is 16.5 Å². The summed E-state index contributed by atoms with van der Waals surface area (Å²) in [6, 6.07) is 4.11. The van der Waals surface area contributed by atoms with Crippen LogP contribution in [-0.2, 0) is 25.6 Å². The van der Waals surface area contributed by atoms with Gasteiger partial charge in [0.1, 0.15) is 18.1 Å². The summed E-state index contributed by atoms with van der Waals surface area (Å²) in [5, 5.41) is 16.1. The van der Waals surface area contributed by atoms with E-state index in [1.807, 2.05) is 50.6 Å². The normalized spacial score (nSPS) is 18.5. The maximum absolute atomic E-state index is 13.6. The van der Waals surface area contributed by atoms with Crippen molar-refractivity contribution < 1.29 is 24.3 Å². The van der Waals surface area contributed by atoms with Crippen LogP contribution in [0.25, 0.3) is 10.9 Å². The fourth-order valence-electron chi connectivity index (χ4n) is 4.76. The van der Waals surface area contributed by atoms with E-state index >= 15 is 0 Å². The lowest BCUT2D eigenvalue weighted by atomic mass is 9.98. The molecular formula is C27H39N5O5S. The number of rotatable bonds is 13. The summed E-state index contributed by atoms with van der Waals surface area (Å²) in [6.07, 6.45) is 5.93. The smallest absolute Gasteiger partial charge is 0.326 e. The van der Waals surface area contributed by atoms with Crippen LogP contribution in [0.3, 0.4) is 0 Å². The van der Waals surface area contributed by atoms with E-state index in [2.05, 4.69) is 15.6 Å². The minimum atomic E-state index is -1.05. The van der Waals surface area contributed by atoms with E-state index in [4.69, 9.17) is 5.73 Å². The van der Waals surface area contributed by atoms with Crippen molar-refractivity contribution in [2.45, 2.75) is 70.1 Å². The standard InChI is InChI=1S/C27H39N5O5S/c1-4-16(2)23(28)25(34)31-21(14-17-15-29-19-9-6-5-8-18(17)19)24(33)30-20(11-13-38-3)26(35)32-12-7-10-22(32)27(36)37/h5-6,8-9,15-16,20-23,29H,4,7,10-14,28H2,1-3H3,(H,30,33)(H,31,34)(H,36,37). The number of carboxylic acid groups (broad SMARTS) is 1. The van der Waals surface area contributed by atoms with Crippen molar-refractivity contribution in [3.05, 3.63) is 36.0 Å². The second-order valence-electron chi connectivity index (χ2n) is 9.91. The maximum Gasteiger partial charge on any atom is 0.326 e. The molecule has 2 aromatic rings. The highest BCUT2D eigenvalue weighted by molar-refractivity contribution is 7.98. The summed E-state index contributed by atoms with van der Waals surface area (Å²) in [5.74, 6) is -1.88. The fraction of sp³-hybridized carbons (Fsp3) is 0.556. The largest absolute Gasteiger partial charge is 0.480 e. The molecule has 0 saturated carbocycles. The third-order valence-corrected chi connectivity index (χ3v) is 7.98. The van der Waals surface area contributed by atoms with Gasteiger partial charge in [-0.05, 0) is 48.8 Å². The van der Waals surface area contributed by atoms with Crippen molar-refractivity contribution in [3.63, 3.8) is 0 Å². The van der Waals surface area contributed by atoms with Crippen LogP contribution < -0.4 is 16.4 Å². The number of nitrogens with one attached hydrogen (secondary N) is 3. The number of nitrogens with zero attached hydrogens (tertiary/aromatic N) is 1. The molecule has 38 heavy (non-hydrogen) atoms. The number of likely N-dealkylation sites (tertiary alicyclic amines) is 1. The molecule has 3 rings (SSSR count). The zero-order chi connectivity index (χ0) is 27.8. The van der Waals surface area contributed by atoms with Crippen LogP contribution in [0.15, 0.2) is 30.5 Å². The molecule has 0 aliphatic carbocycles. The van der Waals surface area contributed by atoms with Gasteiger partial charge >= 0.3 is 5.97 Å². The summed E-state index contributed by atoms with van der Waals surface area (Å²) < 4.78 is 0. The number of nitrogens with two attached hydrogens (primary N) is 1. The van der Waals surface area contributed by atoms with Crippen molar-refractivity contribution in [1.29, 1.82) is 0 Å². The number of H-pyrrole nitrogens is 1. The number of aromatic amines is 1. The van der Waals surface area contributed by atoms with Gasteiger partial charge in [-0.1, -0.05) is 38.5 Å². The molecule has 1 aliphatic heterocycles. The van der Waals surface area contributed by atoms with Crippen LogP contribution in [-0.4, -0.2) is 81.4 Å². The topological polar surface area (TPSA) is 158 Å². The highest BCUT2D eigenvalue weighted by atomic mass is 32.2. The Morgan fingerprint density at radius 1 is 1.18 bits per heavy atom. The molecule has 2 heterocycles. The third kappa shape index (κ3) is 7.08. The maximum atomic E-state index is 13.6. The zero-order valence-electron chi connectivity index (χ0n) is 22.2. The number of aromatic nitrogens is 1. The first kappa shape index (κ1) is 29.5. The molecular weight excluding hydrogens is 506 g/mol. The van der Waals surface area contributed by atoms with Gasteiger partial charge in [-0.3, -0.25) is 14.4 Å². The Hall–Kier alpha value is -3.05. The van der Waals surface area contributed by atoms with Crippen molar-refractivity contribution in [1.82, 2.24) is 20.5 Å². The molecule has 1 aromatic heterocycles. The highest BCUT2D eigenvalue weighted by Gasteiger charge is 2.38. The number of thioether (sulfide) groups is 1. The predicted molar refractivity (Wildman–Crippen MR) is 149 cm³/mol. The summed E-state index contributed by atoms with van der Waals surface area (Å²) in [6.45, 7) is 4.16. The lowest BCUT2D eigenvalue weighted by molar-refractivity contribution is -0.149. The van der Waals surface area contributed by atoms with Crippen LogP contribution in [0.5, 0.6) is 0 Å². The SMILES string of the molecule is CCC(C)C(N)C(=O)NC(Cc1c[nH]c2ccccc12)C(=O)NC(CCSC)C(=O)N1CCCC1C(=O)O. The van der Waals surface area contributed by atoms with E-state index in [9.17, 15) is 24.3 Å². The number of aliphatic carboxylic acids is 1. The molecule has 0 radical (unpaired) electrons. The van der Waals surface area contributed by atoms with E-state index < -0.39 is 47.9 Å². The molecule has 10 nitrogen and oxygen atoms in total. The molecule has 0 spiro atoms. The molecule has 11 heteroatoms. The second kappa shape index (κ2) is 13.7. The number of hydrogen-bond donors (Lipinski definition) is 5. The number of fused-ring (bicyclic) bond motifs is 1. The summed E-state index contributed by atoms with van der Waals surface area (Å²) in [5.41, 5.74) is 7.91. The van der Waals surface area contributed by atoms with Gasteiger partial charge in [0.05, 0.1) is 6.04 Å². The lowest BCUT2D eigenvalue weighted by Gasteiger charge is -2.29. The fourth-order valence-corrected chi connectivity index (χ4v) is 5.23. The molecule has 0 bridgehead atoms. The molecule has 1 saturated heterocycles. The van der Waals surface area contributed by atoms with Crippen molar-refractivity contribution in [2.75, 3.05) is 18.6 Å². The Balaban J connectivity index is 1.85. The third-order valence-electron chi connectivity index (χ3n) is 7.34. The molecule has 6 N–H and O–H groups in total. The van der Waals surface area contributed by atoms with Gasteiger partial charge in [0.15, 0.2) is 0 Å². The number of carbonyl (C=O) groups excluding carboxylic acids is 3. The number of amides is 3. The van der Waals surface area contributed by atoms with Crippen LogP contribution in [0, 0.1) is 5.92 Å². The Labute approximate surface area is 227 Å². The van der Waals surface area contributed by atoms with Gasteiger partial charge in [-0.25, -0.2) is 4.79 Å². The number of para-hydroxylation sites is 1. The van der Waals surface area contributed by atoms with E-state index in [0.29, 0.717) is 38.0 Å². The Kier molecular flexibility index (Phi) is 10.6. The van der Waals surface area contributed by atoms with Crippen LogP contribution >= 0.6 is 11.8 Å². The minimum absolute atomic E-state index is 0.0779. The van der Waals surface area contributed by atoms with Crippen molar-refractivity contribution in [2.24, 2.45) is 11.7 Å². The van der Waals surface area contributed by atoms with Crippen molar-refractivity contribution in [3.8, 4) is 0 Å². The van der Waals surface area contributed by atoms with Gasteiger partial charge in [-0.15, -0.1) is 0 Å². The Morgan fingerprint density at radius 3 is 2.58 bits per heavy atom. The number of hydrogen-bond acceptors (Lipinski definition) is 6. The van der Waals surface area contributed by atoms with E-state index in [1.165, 1.54) is 16.7 Å². The first-order valence-electron chi connectivity index (χ1n) is 13.1. The zero-order valence-corrected chi connectivity index (χ0v) is 23.1. The first-order valence-corrected chi connectivity index (χ1v) is 14.5. The van der Waals surface area contributed by atoms with Gasteiger partial charge in [0.2, 0.25) is 17.7 Å². The van der Waals surface area contributed by atoms with E-state index in [-0.39, 0.29) is 12.3 Å². The molecule has 5 atom stereocenters. The monoisotopic (exact) mass is 545 g/mol. The molecule has 5 unspecified atom stereocenters. The Morgan fingerprint density at radius 2 is 1.89 bits per heavy atom. The minimum Gasteiger partial charge on any atom is -0.480 e. The van der Waals surface area contributed by atoms with E-state index in [1.54, 1.807) is 0 Å². The van der Waals surface area contributed by atoms with Gasteiger partial charge < -0.3 is 31.4 Å². The lowest BCUT2D eigenvalue weighted by Crippen LogP contribution is -2.58. The average molecular weight is 546 g/mol. The molecule has 208 valence electrons. The summed E-state index contributed by atoms with van der Waals surface area (Å²) in [7, 11) is 0. The molecule has 1 aromatic carbocycles. The number of benzene rings is 1. The summed E-state index contributed by atoms with van der Waals surface area (Å²) in [4.78, 5) is 56.3. The molecule has 1 aliphatic rings. The van der Waals surface area contributed by atoms with Crippen LogP contribution in [0.1, 0.15) is 45.1 Å². The van der Waals surface area contributed by atoms with Crippen LogP contribution in [0.4, 0.5) is 0 Å².